The van der Waals surface area contributed by atoms with E-state index in [1.54, 1.807) is 0 Å². The van der Waals surface area contributed by atoms with Crippen LogP contribution < -0.4 is 5.32 Å². The average Bonchev–Trinajstić information content (AvgIpc) is 2.19. The summed E-state index contributed by atoms with van der Waals surface area (Å²) in [5.41, 5.74) is 1.08. The van der Waals surface area contributed by atoms with Gasteiger partial charge in [-0.25, -0.2) is 0 Å². The minimum Gasteiger partial charge on any atom is -0.310 e. The Morgan fingerprint density at radius 1 is 1.62 bits per heavy atom. The molecule has 0 aromatic heterocycles. The highest BCUT2D eigenvalue weighted by molar-refractivity contribution is 7.78. The molecule has 1 N–H and O–H groups in total. The maximum atomic E-state index is 4.62. The van der Waals surface area contributed by atoms with E-state index in [-0.39, 0.29) is 0 Å². The Kier molecular flexibility index (Phi) is 2.69. The predicted octanol–water partition coefficient (Wildman–Crippen LogP) is 1.91. The molecule has 0 saturated carbocycles. The topological polar surface area (TPSA) is 24.4 Å². The minimum atomic E-state index is 0.459. The Hall–Kier alpha value is -0.760. The van der Waals surface area contributed by atoms with Crippen LogP contribution in [0.25, 0.3) is 0 Å². The maximum absolute atomic E-state index is 4.62. The smallest absolute Gasteiger partial charge is 0.0637 e. The van der Waals surface area contributed by atoms with Crippen LogP contribution in [0, 0.1) is 5.92 Å². The third kappa shape index (κ3) is 1.78. The van der Waals surface area contributed by atoms with Gasteiger partial charge < -0.3 is 5.32 Å². The summed E-state index contributed by atoms with van der Waals surface area (Å²) < 4.78 is 0. The summed E-state index contributed by atoms with van der Waals surface area (Å²) in [5, 5.41) is 5.91. The molecular formula is C10H12N2S. The predicted molar refractivity (Wildman–Crippen MR) is 56.8 cm³/mol. The number of allylic oxidation sites excluding steroid dienone is 2. The molecule has 3 heteroatoms. The monoisotopic (exact) mass is 192 g/mol. The number of nitrogens with zero attached hydrogens (tertiary/aromatic N) is 1. The van der Waals surface area contributed by atoms with Crippen molar-refractivity contribution in [2.24, 2.45) is 10.9 Å². The van der Waals surface area contributed by atoms with Crippen LogP contribution in [0.2, 0.25) is 0 Å². The number of aliphatic imine (C=N–C) groups is 1. The van der Waals surface area contributed by atoms with E-state index in [0.29, 0.717) is 12.0 Å². The Morgan fingerprint density at radius 3 is 3.38 bits per heavy atom. The van der Waals surface area contributed by atoms with Gasteiger partial charge in [-0.15, -0.1) is 0 Å². The molecule has 1 aliphatic carbocycles. The summed E-state index contributed by atoms with van der Waals surface area (Å²) in [4.78, 5) is 4.10. The van der Waals surface area contributed by atoms with Gasteiger partial charge in [0, 0.05) is 12.0 Å². The van der Waals surface area contributed by atoms with E-state index in [1.807, 2.05) is 12.2 Å². The fourth-order valence-electron chi connectivity index (χ4n) is 2.02. The zero-order valence-electron chi connectivity index (χ0n) is 7.36. The van der Waals surface area contributed by atoms with Crippen LogP contribution in [0.1, 0.15) is 12.8 Å². The van der Waals surface area contributed by atoms with Crippen LogP contribution in [0.15, 0.2) is 28.9 Å². The summed E-state index contributed by atoms with van der Waals surface area (Å²) in [6.07, 6.45) is 8.71. The van der Waals surface area contributed by atoms with Gasteiger partial charge in [0.1, 0.15) is 0 Å². The van der Waals surface area contributed by atoms with E-state index in [4.69, 9.17) is 0 Å². The van der Waals surface area contributed by atoms with E-state index < -0.39 is 0 Å². The molecule has 0 aromatic carbocycles. The third-order valence-corrected chi connectivity index (χ3v) is 2.74. The number of fused-ring (bicyclic) bond motifs is 1. The van der Waals surface area contributed by atoms with Crippen molar-refractivity contribution in [1.29, 1.82) is 0 Å². The minimum absolute atomic E-state index is 0.459. The van der Waals surface area contributed by atoms with Crippen LogP contribution in [0.4, 0.5) is 0 Å². The molecule has 13 heavy (non-hydrogen) atoms. The molecule has 1 aliphatic heterocycles. The number of rotatable bonds is 1. The fourth-order valence-corrected chi connectivity index (χ4v) is 2.12. The van der Waals surface area contributed by atoms with Crippen molar-refractivity contribution in [3.05, 3.63) is 23.9 Å². The number of hydrogen-bond acceptors (Lipinski definition) is 3. The lowest BCUT2D eigenvalue weighted by Crippen LogP contribution is -2.41. The van der Waals surface area contributed by atoms with E-state index in [9.17, 15) is 0 Å². The van der Waals surface area contributed by atoms with E-state index in [0.717, 1.165) is 12.2 Å². The molecule has 1 heterocycles. The number of nitrogens with one attached hydrogen (secondary N) is 1. The highest BCUT2D eigenvalue weighted by Gasteiger charge is 2.27. The Morgan fingerprint density at radius 2 is 2.54 bits per heavy atom. The van der Waals surface area contributed by atoms with Crippen LogP contribution in [-0.4, -0.2) is 17.7 Å². The third-order valence-electron chi connectivity index (χ3n) is 2.65. The standard InChI is InChI=1S/C10H12N2S/c13-7-12-10-5-1-4-9-8(10)3-2-6-11-9/h1,4-5,8-9,11H,2-3,6H2. The van der Waals surface area contributed by atoms with Gasteiger partial charge in [-0.05, 0) is 37.7 Å². The van der Waals surface area contributed by atoms with Crippen molar-refractivity contribution in [3.8, 4) is 0 Å². The zero-order valence-corrected chi connectivity index (χ0v) is 8.18. The second-order valence-electron chi connectivity index (χ2n) is 3.41. The van der Waals surface area contributed by atoms with Crippen LogP contribution >= 0.6 is 12.2 Å². The van der Waals surface area contributed by atoms with Gasteiger partial charge >= 0.3 is 0 Å². The molecule has 0 aromatic rings. The normalized spacial score (nSPS) is 31.5. The highest BCUT2D eigenvalue weighted by atomic mass is 32.1. The number of piperidine rings is 1. The molecule has 68 valence electrons. The summed E-state index contributed by atoms with van der Waals surface area (Å²) in [7, 11) is 0. The lowest BCUT2D eigenvalue weighted by molar-refractivity contribution is 0.356. The van der Waals surface area contributed by atoms with Gasteiger partial charge in [0.05, 0.1) is 10.9 Å². The van der Waals surface area contributed by atoms with Crippen molar-refractivity contribution in [2.45, 2.75) is 18.9 Å². The molecule has 2 nitrogen and oxygen atoms in total. The van der Waals surface area contributed by atoms with Gasteiger partial charge in [0.25, 0.3) is 0 Å². The van der Waals surface area contributed by atoms with Crippen molar-refractivity contribution in [3.63, 3.8) is 0 Å². The molecular weight excluding hydrogens is 180 g/mol. The number of thiocarbonyl (C=S) groups is 1. The first kappa shape index (κ1) is 8.82. The van der Waals surface area contributed by atoms with Gasteiger partial charge in [0.15, 0.2) is 0 Å². The summed E-state index contributed by atoms with van der Waals surface area (Å²) in [6.45, 7) is 1.11. The second-order valence-corrected chi connectivity index (χ2v) is 3.59. The first-order chi connectivity index (χ1) is 6.42. The average molecular weight is 192 g/mol. The molecule has 2 rings (SSSR count). The van der Waals surface area contributed by atoms with Gasteiger partial charge in [0.2, 0.25) is 0 Å². The number of hydrogen-bond donors (Lipinski definition) is 1. The van der Waals surface area contributed by atoms with E-state index >= 15 is 0 Å². The second kappa shape index (κ2) is 3.97. The summed E-state index contributed by atoms with van der Waals surface area (Å²) >= 11 is 4.62. The van der Waals surface area contributed by atoms with Gasteiger partial charge in [-0.3, -0.25) is 0 Å². The molecule has 2 unspecified atom stereocenters. The Bertz CT molecular complexity index is 300. The van der Waals surface area contributed by atoms with Crippen molar-refractivity contribution in [1.82, 2.24) is 5.32 Å². The van der Waals surface area contributed by atoms with E-state index in [2.05, 4.69) is 33.8 Å². The molecule has 0 bridgehead atoms. The van der Waals surface area contributed by atoms with Gasteiger partial charge in [-0.2, -0.15) is 4.99 Å². The van der Waals surface area contributed by atoms with E-state index in [1.165, 1.54) is 12.8 Å². The largest absolute Gasteiger partial charge is 0.310 e. The van der Waals surface area contributed by atoms with Crippen LogP contribution in [0.3, 0.4) is 0 Å². The lowest BCUT2D eigenvalue weighted by Gasteiger charge is -2.32. The molecule has 1 fully saturated rings. The fraction of sp³-hybridized carbons (Fsp3) is 0.500. The lowest BCUT2D eigenvalue weighted by atomic mass is 9.85. The Labute approximate surface area is 83.4 Å². The van der Waals surface area contributed by atoms with Crippen molar-refractivity contribution >= 4 is 17.4 Å². The number of isothiocyanates is 1. The highest BCUT2D eigenvalue weighted by Crippen LogP contribution is 2.28. The SMILES string of the molecule is S=C=NC1=CC=CC2NCCCC12. The molecule has 1 saturated heterocycles. The quantitative estimate of drug-likeness (QED) is 0.507. The maximum Gasteiger partial charge on any atom is 0.0637 e. The molecule has 0 amide bonds. The van der Waals surface area contributed by atoms with Crippen molar-refractivity contribution < 1.29 is 0 Å². The summed E-state index contributed by atoms with van der Waals surface area (Å²) in [6, 6.07) is 0.459. The van der Waals surface area contributed by atoms with Crippen LogP contribution in [0.5, 0.6) is 0 Å². The first-order valence-electron chi connectivity index (χ1n) is 4.61. The first-order valence-corrected chi connectivity index (χ1v) is 5.02. The zero-order chi connectivity index (χ0) is 9.10. The van der Waals surface area contributed by atoms with Gasteiger partial charge in [-0.1, -0.05) is 12.2 Å². The molecule has 2 aliphatic rings. The Balaban J connectivity index is 2.22. The molecule has 0 spiro atoms. The molecule has 0 radical (unpaired) electrons. The van der Waals surface area contributed by atoms with Crippen LogP contribution in [-0.2, 0) is 0 Å². The summed E-state index contributed by atoms with van der Waals surface area (Å²) in [5.74, 6) is 0.509. The molecule has 2 atom stereocenters. The van der Waals surface area contributed by atoms with Crippen molar-refractivity contribution in [2.75, 3.05) is 6.54 Å².